The molecule has 5 rings (SSSR count). The van der Waals surface area contributed by atoms with Crippen LogP contribution in [0.4, 0.5) is 11.6 Å². The van der Waals surface area contributed by atoms with E-state index in [0.29, 0.717) is 18.2 Å². The smallest absolute Gasteiger partial charge is 0.230 e. The van der Waals surface area contributed by atoms with Crippen LogP contribution in [-0.4, -0.2) is 53.9 Å². The molecule has 10 nitrogen and oxygen atoms in total. The number of nitrogens with one attached hydrogen (secondary N) is 1. The number of amides is 1. The minimum atomic E-state index is -0.179. The maximum atomic E-state index is 12.9. The average molecular weight is 441 g/mol. The summed E-state index contributed by atoms with van der Waals surface area (Å²) in [6.07, 6.45) is 6.06. The Morgan fingerprint density at radius 1 is 1.06 bits per heavy atom. The second-order valence-electron chi connectivity index (χ2n) is 7.97. The Kier molecular flexibility index (Phi) is 5.71. The van der Waals surface area contributed by atoms with E-state index in [1.165, 1.54) is 17.3 Å². The molecule has 1 amide bonds. The lowest BCUT2D eigenvalue weighted by Gasteiger charge is -2.32. The number of hydrogen-bond donors (Lipinski definition) is 1. The number of aromatic nitrogens is 7. The van der Waals surface area contributed by atoms with E-state index >= 15 is 0 Å². The molecule has 1 aliphatic rings. The highest BCUT2D eigenvalue weighted by Crippen LogP contribution is 2.25. The van der Waals surface area contributed by atoms with Gasteiger partial charge in [-0.2, -0.15) is 5.10 Å². The Bertz CT molecular complexity index is 1240. The Hall–Kier alpha value is -4.21. The fourth-order valence-corrected chi connectivity index (χ4v) is 3.99. The molecule has 1 saturated heterocycles. The quantitative estimate of drug-likeness (QED) is 0.503. The van der Waals surface area contributed by atoms with Gasteiger partial charge in [-0.05, 0) is 37.5 Å². The van der Waals surface area contributed by atoms with Crippen molar-refractivity contribution in [2.24, 2.45) is 5.92 Å². The minimum absolute atomic E-state index is 0.0765. The molecule has 166 valence electrons. The van der Waals surface area contributed by atoms with Crippen molar-refractivity contribution < 1.29 is 4.79 Å². The second kappa shape index (κ2) is 9.11. The van der Waals surface area contributed by atoms with Crippen LogP contribution >= 0.6 is 0 Å². The van der Waals surface area contributed by atoms with Crippen molar-refractivity contribution in [3.8, 4) is 17.1 Å². The van der Waals surface area contributed by atoms with Gasteiger partial charge in [0, 0.05) is 24.7 Å². The van der Waals surface area contributed by atoms with Gasteiger partial charge in [0.2, 0.25) is 5.91 Å². The number of carbonyl (C=O) groups excluding carboxylic acids is 1. The van der Waals surface area contributed by atoms with Gasteiger partial charge in [0.05, 0.1) is 11.6 Å². The van der Waals surface area contributed by atoms with Gasteiger partial charge in [-0.25, -0.2) is 19.6 Å². The fourth-order valence-electron chi connectivity index (χ4n) is 3.99. The zero-order chi connectivity index (χ0) is 22.6. The van der Waals surface area contributed by atoms with Crippen LogP contribution in [0, 0.1) is 12.8 Å². The van der Waals surface area contributed by atoms with Crippen LogP contribution in [-0.2, 0) is 4.79 Å². The van der Waals surface area contributed by atoms with Crippen LogP contribution < -0.4 is 10.2 Å². The van der Waals surface area contributed by atoms with Crippen molar-refractivity contribution in [1.29, 1.82) is 0 Å². The largest absolute Gasteiger partial charge is 0.354 e. The molecule has 1 aliphatic heterocycles. The van der Waals surface area contributed by atoms with Crippen LogP contribution in [0.3, 0.4) is 0 Å². The summed E-state index contributed by atoms with van der Waals surface area (Å²) < 4.78 is 1.51. The van der Waals surface area contributed by atoms with Crippen molar-refractivity contribution in [2.75, 3.05) is 23.3 Å². The predicted molar refractivity (Wildman–Crippen MR) is 123 cm³/mol. The topological polar surface area (TPSA) is 115 Å². The van der Waals surface area contributed by atoms with Gasteiger partial charge in [0.25, 0.3) is 0 Å². The van der Waals surface area contributed by atoms with Gasteiger partial charge in [0.15, 0.2) is 11.6 Å². The summed E-state index contributed by atoms with van der Waals surface area (Å²) in [7, 11) is 0. The highest BCUT2D eigenvalue weighted by atomic mass is 16.2. The molecule has 1 aromatic carbocycles. The van der Waals surface area contributed by atoms with Crippen molar-refractivity contribution in [3.63, 3.8) is 0 Å². The number of benzene rings is 1. The molecular weight excluding hydrogens is 418 g/mol. The zero-order valence-electron chi connectivity index (χ0n) is 18.2. The van der Waals surface area contributed by atoms with Crippen LogP contribution in [0.1, 0.15) is 18.4 Å². The molecule has 1 unspecified atom stereocenters. The molecule has 10 heteroatoms. The van der Waals surface area contributed by atoms with E-state index in [1.807, 2.05) is 30.3 Å². The molecule has 1 N–H and O–H groups in total. The lowest BCUT2D eigenvalue weighted by Crippen LogP contribution is -2.41. The number of hydrogen-bond acceptors (Lipinski definition) is 8. The molecule has 0 saturated carbocycles. The van der Waals surface area contributed by atoms with E-state index in [4.69, 9.17) is 0 Å². The van der Waals surface area contributed by atoms with Gasteiger partial charge in [-0.3, -0.25) is 4.79 Å². The van der Waals surface area contributed by atoms with Gasteiger partial charge < -0.3 is 10.2 Å². The van der Waals surface area contributed by atoms with Crippen molar-refractivity contribution in [1.82, 2.24) is 34.9 Å². The minimum Gasteiger partial charge on any atom is -0.354 e. The van der Waals surface area contributed by atoms with E-state index in [2.05, 4.69) is 53.5 Å². The SMILES string of the molecule is Cc1ccccc1-c1ccc(N2CCCC(C(=O)Nc3cc(-n4cncn4)ncn3)C2)nn1. The number of carbonyl (C=O) groups is 1. The van der Waals surface area contributed by atoms with Crippen molar-refractivity contribution in [2.45, 2.75) is 19.8 Å². The van der Waals surface area contributed by atoms with Crippen LogP contribution in [0.2, 0.25) is 0 Å². The fraction of sp³-hybridized carbons (Fsp3) is 0.261. The third kappa shape index (κ3) is 4.54. The Balaban J connectivity index is 1.26. The van der Waals surface area contributed by atoms with Crippen LogP contribution in [0.5, 0.6) is 0 Å². The van der Waals surface area contributed by atoms with Crippen LogP contribution in [0.15, 0.2) is 61.4 Å². The normalized spacial score (nSPS) is 15.9. The summed E-state index contributed by atoms with van der Waals surface area (Å²) >= 11 is 0. The summed E-state index contributed by atoms with van der Waals surface area (Å²) in [5.41, 5.74) is 3.07. The summed E-state index contributed by atoms with van der Waals surface area (Å²) in [4.78, 5) is 27.3. The number of aryl methyl sites for hydroxylation is 1. The molecule has 0 bridgehead atoms. The molecule has 0 spiro atoms. The van der Waals surface area contributed by atoms with E-state index < -0.39 is 0 Å². The maximum absolute atomic E-state index is 12.9. The van der Waals surface area contributed by atoms with E-state index in [-0.39, 0.29) is 11.8 Å². The zero-order valence-corrected chi connectivity index (χ0v) is 18.2. The summed E-state index contributed by atoms with van der Waals surface area (Å²) in [6, 6.07) is 13.7. The van der Waals surface area contributed by atoms with E-state index in [0.717, 1.165) is 42.0 Å². The molecule has 0 radical (unpaired) electrons. The Morgan fingerprint density at radius 3 is 2.76 bits per heavy atom. The number of nitrogens with zero attached hydrogens (tertiary/aromatic N) is 8. The standard InChI is InChI=1S/C23H23N9O/c1-16-5-2-3-7-18(16)19-8-9-21(30-29-19)31-10-4-6-17(12-31)23(33)28-20-11-22(26-14-25-20)32-15-24-13-27-32/h2-3,5,7-9,11,13-15,17H,4,6,10,12H2,1H3,(H,25,26,28,33). The summed E-state index contributed by atoms with van der Waals surface area (Å²) in [5.74, 6) is 1.49. The van der Waals surface area contributed by atoms with Crippen LogP contribution in [0.25, 0.3) is 17.1 Å². The third-order valence-electron chi connectivity index (χ3n) is 5.75. The molecule has 0 aliphatic carbocycles. The third-order valence-corrected chi connectivity index (χ3v) is 5.75. The number of rotatable bonds is 5. The average Bonchev–Trinajstić information content (AvgIpc) is 3.40. The van der Waals surface area contributed by atoms with Crippen molar-refractivity contribution >= 4 is 17.5 Å². The highest BCUT2D eigenvalue weighted by molar-refractivity contribution is 5.92. The number of anilines is 2. The molecule has 4 aromatic rings. The predicted octanol–water partition coefficient (Wildman–Crippen LogP) is 2.68. The van der Waals surface area contributed by atoms with Gasteiger partial charge in [-0.1, -0.05) is 24.3 Å². The molecule has 4 heterocycles. The lowest BCUT2D eigenvalue weighted by molar-refractivity contribution is -0.120. The molecular formula is C23H23N9O. The van der Waals surface area contributed by atoms with Gasteiger partial charge in [-0.15, -0.1) is 10.2 Å². The molecule has 33 heavy (non-hydrogen) atoms. The summed E-state index contributed by atoms with van der Waals surface area (Å²) in [6.45, 7) is 3.47. The van der Waals surface area contributed by atoms with Crippen molar-refractivity contribution in [3.05, 3.63) is 67.0 Å². The molecule has 1 fully saturated rings. The molecule has 3 aromatic heterocycles. The highest BCUT2D eigenvalue weighted by Gasteiger charge is 2.27. The first-order chi connectivity index (χ1) is 16.2. The number of piperidine rings is 1. The first kappa shape index (κ1) is 20.7. The Morgan fingerprint density at radius 2 is 1.97 bits per heavy atom. The first-order valence-corrected chi connectivity index (χ1v) is 10.8. The maximum Gasteiger partial charge on any atom is 0.230 e. The molecule has 1 atom stereocenters. The van der Waals surface area contributed by atoms with E-state index in [9.17, 15) is 4.79 Å². The monoisotopic (exact) mass is 441 g/mol. The second-order valence-corrected chi connectivity index (χ2v) is 7.97. The Labute approximate surface area is 190 Å². The summed E-state index contributed by atoms with van der Waals surface area (Å²) in [5, 5.41) is 15.8. The van der Waals surface area contributed by atoms with Gasteiger partial charge >= 0.3 is 0 Å². The van der Waals surface area contributed by atoms with Gasteiger partial charge in [0.1, 0.15) is 24.8 Å². The first-order valence-electron chi connectivity index (χ1n) is 10.8. The van der Waals surface area contributed by atoms with E-state index in [1.54, 1.807) is 12.4 Å². The lowest BCUT2D eigenvalue weighted by atomic mass is 9.97.